The Labute approximate surface area is 146 Å². The van der Waals surface area contributed by atoms with Crippen LogP contribution in [0.2, 0.25) is 0 Å². The van der Waals surface area contributed by atoms with Crippen molar-refractivity contribution in [2.75, 3.05) is 7.11 Å². The molecule has 24 heavy (non-hydrogen) atoms. The number of nitrogens with one attached hydrogen (secondary N) is 1. The standard InChI is InChI=1S/C19H23NO3S/c1-23-16-7-4-13(5-8-16)6-9-18(22)20-19(14-11-15(21)12-14)17-3-2-10-24-17/h2-5,7-8,10,14-15,19,21H,6,9,11-12H2,1H3,(H,20,22)/t14?,15?,19-/m1/s1. The van der Waals surface area contributed by atoms with E-state index in [4.69, 9.17) is 4.74 Å². The predicted molar refractivity (Wildman–Crippen MR) is 95.2 cm³/mol. The highest BCUT2D eigenvalue weighted by atomic mass is 32.1. The van der Waals surface area contributed by atoms with Gasteiger partial charge in [0.2, 0.25) is 5.91 Å². The third kappa shape index (κ3) is 4.16. The summed E-state index contributed by atoms with van der Waals surface area (Å²) in [5.74, 6) is 1.22. The molecule has 1 amide bonds. The summed E-state index contributed by atoms with van der Waals surface area (Å²) in [5, 5.41) is 14.8. The van der Waals surface area contributed by atoms with Crippen LogP contribution in [-0.2, 0) is 11.2 Å². The molecule has 1 saturated carbocycles. The number of thiophene rings is 1. The first kappa shape index (κ1) is 17.0. The van der Waals surface area contributed by atoms with Gasteiger partial charge in [0.05, 0.1) is 19.3 Å². The van der Waals surface area contributed by atoms with E-state index in [1.165, 1.54) is 4.88 Å². The Hall–Kier alpha value is -1.85. The van der Waals surface area contributed by atoms with Crippen LogP contribution in [0, 0.1) is 5.92 Å². The molecular weight excluding hydrogens is 322 g/mol. The van der Waals surface area contributed by atoms with Gasteiger partial charge in [-0.15, -0.1) is 11.3 Å². The van der Waals surface area contributed by atoms with Gasteiger partial charge in [0.1, 0.15) is 5.75 Å². The van der Waals surface area contributed by atoms with Gasteiger partial charge in [0.15, 0.2) is 0 Å². The van der Waals surface area contributed by atoms with Crippen LogP contribution in [0.5, 0.6) is 5.75 Å². The van der Waals surface area contributed by atoms with Crippen LogP contribution in [0.25, 0.3) is 0 Å². The first-order chi connectivity index (χ1) is 11.7. The lowest BCUT2D eigenvalue weighted by molar-refractivity contribution is -0.123. The van der Waals surface area contributed by atoms with Gasteiger partial charge in [-0.1, -0.05) is 18.2 Å². The normalized spacial score (nSPS) is 20.9. The van der Waals surface area contributed by atoms with Crippen LogP contribution in [0.3, 0.4) is 0 Å². The minimum atomic E-state index is -0.214. The molecule has 1 aliphatic carbocycles. The van der Waals surface area contributed by atoms with Gasteiger partial charge < -0.3 is 15.2 Å². The Morgan fingerprint density at radius 1 is 1.33 bits per heavy atom. The maximum Gasteiger partial charge on any atom is 0.220 e. The van der Waals surface area contributed by atoms with Crippen molar-refractivity contribution < 1.29 is 14.6 Å². The maximum atomic E-state index is 12.4. The Bertz CT molecular complexity index is 648. The Morgan fingerprint density at radius 3 is 2.67 bits per heavy atom. The van der Waals surface area contributed by atoms with Crippen LogP contribution in [0.1, 0.15) is 35.7 Å². The molecule has 0 unspecified atom stereocenters. The molecule has 0 bridgehead atoms. The van der Waals surface area contributed by atoms with Gasteiger partial charge in [-0.2, -0.15) is 0 Å². The summed E-state index contributed by atoms with van der Waals surface area (Å²) in [6, 6.07) is 11.9. The highest BCUT2D eigenvalue weighted by Gasteiger charge is 2.35. The first-order valence-corrected chi connectivity index (χ1v) is 9.17. The van der Waals surface area contributed by atoms with E-state index in [0.29, 0.717) is 18.8 Å². The molecular formula is C19H23NO3S. The van der Waals surface area contributed by atoms with Crippen molar-refractivity contribution in [2.24, 2.45) is 5.92 Å². The molecule has 1 heterocycles. The quantitative estimate of drug-likeness (QED) is 0.809. The minimum absolute atomic E-state index is 0.0248. The molecule has 3 rings (SSSR count). The van der Waals surface area contributed by atoms with E-state index in [0.717, 1.165) is 24.2 Å². The topological polar surface area (TPSA) is 58.6 Å². The number of rotatable bonds is 7. The van der Waals surface area contributed by atoms with Gasteiger partial charge in [-0.3, -0.25) is 4.79 Å². The fourth-order valence-electron chi connectivity index (χ4n) is 3.09. The van der Waals surface area contributed by atoms with Gasteiger partial charge in [-0.05, 0) is 54.3 Å². The number of carbonyl (C=O) groups is 1. The molecule has 1 aromatic heterocycles. The number of benzene rings is 1. The zero-order valence-corrected chi connectivity index (χ0v) is 14.6. The molecule has 0 radical (unpaired) electrons. The van der Waals surface area contributed by atoms with Gasteiger partial charge in [-0.25, -0.2) is 0 Å². The largest absolute Gasteiger partial charge is 0.497 e. The zero-order chi connectivity index (χ0) is 16.9. The number of amides is 1. The summed E-state index contributed by atoms with van der Waals surface area (Å²) in [7, 11) is 1.64. The summed E-state index contributed by atoms with van der Waals surface area (Å²) in [6.07, 6.45) is 2.49. The second-order valence-corrected chi connectivity index (χ2v) is 7.27. The average Bonchev–Trinajstić information content (AvgIpc) is 3.10. The molecule has 1 aliphatic rings. The fraction of sp³-hybridized carbons (Fsp3) is 0.421. The summed E-state index contributed by atoms with van der Waals surface area (Å²) < 4.78 is 5.14. The summed E-state index contributed by atoms with van der Waals surface area (Å²) in [4.78, 5) is 13.5. The monoisotopic (exact) mass is 345 g/mol. The smallest absolute Gasteiger partial charge is 0.220 e. The number of aliphatic hydroxyl groups is 1. The van der Waals surface area contributed by atoms with E-state index in [9.17, 15) is 9.90 Å². The first-order valence-electron chi connectivity index (χ1n) is 8.29. The number of hydrogen-bond acceptors (Lipinski definition) is 4. The lowest BCUT2D eigenvalue weighted by Crippen LogP contribution is -2.41. The molecule has 4 nitrogen and oxygen atoms in total. The van der Waals surface area contributed by atoms with Crippen molar-refractivity contribution in [3.8, 4) is 5.75 Å². The molecule has 0 saturated heterocycles. The van der Waals surface area contributed by atoms with E-state index in [2.05, 4.69) is 11.4 Å². The molecule has 2 N–H and O–H groups in total. The van der Waals surface area contributed by atoms with Crippen LogP contribution in [-0.4, -0.2) is 24.2 Å². The van der Waals surface area contributed by atoms with E-state index < -0.39 is 0 Å². The van der Waals surface area contributed by atoms with E-state index in [-0.39, 0.29) is 18.1 Å². The maximum absolute atomic E-state index is 12.4. The molecule has 2 aromatic rings. The van der Waals surface area contributed by atoms with Crippen LogP contribution >= 0.6 is 11.3 Å². The van der Waals surface area contributed by atoms with Gasteiger partial charge >= 0.3 is 0 Å². The van der Waals surface area contributed by atoms with Crippen molar-refractivity contribution in [1.29, 1.82) is 0 Å². The van der Waals surface area contributed by atoms with Crippen LogP contribution in [0.15, 0.2) is 41.8 Å². The predicted octanol–water partition coefficient (Wildman–Crippen LogP) is 3.32. The van der Waals surface area contributed by atoms with Crippen molar-refractivity contribution in [2.45, 2.75) is 37.8 Å². The van der Waals surface area contributed by atoms with Gasteiger partial charge in [0.25, 0.3) is 0 Å². The number of aliphatic hydroxyl groups excluding tert-OH is 1. The Morgan fingerprint density at radius 2 is 2.08 bits per heavy atom. The third-order valence-electron chi connectivity index (χ3n) is 4.59. The number of ether oxygens (including phenoxy) is 1. The van der Waals surface area contributed by atoms with Crippen molar-refractivity contribution in [3.05, 3.63) is 52.2 Å². The second kappa shape index (κ2) is 7.81. The van der Waals surface area contributed by atoms with Gasteiger partial charge in [0, 0.05) is 11.3 Å². The Balaban J connectivity index is 1.55. The lowest BCUT2D eigenvalue weighted by Gasteiger charge is -2.37. The number of hydrogen-bond donors (Lipinski definition) is 2. The van der Waals surface area contributed by atoms with E-state index in [1.807, 2.05) is 35.7 Å². The zero-order valence-electron chi connectivity index (χ0n) is 13.8. The minimum Gasteiger partial charge on any atom is -0.497 e. The van der Waals surface area contributed by atoms with Crippen molar-refractivity contribution >= 4 is 17.2 Å². The molecule has 5 heteroatoms. The van der Waals surface area contributed by atoms with Crippen LogP contribution in [0.4, 0.5) is 0 Å². The number of aryl methyl sites for hydroxylation is 1. The molecule has 1 atom stereocenters. The van der Waals surface area contributed by atoms with Crippen molar-refractivity contribution in [3.63, 3.8) is 0 Å². The van der Waals surface area contributed by atoms with E-state index >= 15 is 0 Å². The lowest BCUT2D eigenvalue weighted by atomic mass is 9.76. The molecule has 0 spiro atoms. The summed E-state index contributed by atoms with van der Waals surface area (Å²) in [6.45, 7) is 0. The average molecular weight is 345 g/mol. The Kier molecular flexibility index (Phi) is 5.53. The highest BCUT2D eigenvalue weighted by molar-refractivity contribution is 7.10. The molecule has 1 aromatic carbocycles. The summed E-state index contributed by atoms with van der Waals surface area (Å²) >= 11 is 1.66. The summed E-state index contributed by atoms with van der Waals surface area (Å²) in [5.41, 5.74) is 1.12. The number of methoxy groups -OCH3 is 1. The number of carbonyl (C=O) groups excluding carboxylic acids is 1. The third-order valence-corrected chi connectivity index (χ3v) is 5.54. The van der Waals surface area contributed by atoms with Crippen molar-refractivity contribution in [1.82, 2.24) is 5.32 Å². The fourth-order valence-corrected chi connectivity index (χ4v) is 3.96. The molecule has 1 fully saturated rings. The second-order valence-electron chi connectivity index (χ2n) is 6.29. The SMILES string of the molecule is COc1ccc(CCC(=O)N[C@@H](c2cccs2)C2CC(O)C2)cc1. The molecule has 0 aliphatic heterocycles. The van der Waals surface area contributed by atoms with E-state index in [1.54, 1.807) is 18.4 Å². The van der Waals surface area contributed by atoms with Crippen LogP contribution < -0.4 is 10.1 Å². The highest BCUT2D eigenvalue weighted by Crippen LogP contribution is 2.39. The molecule has 128 valence electrons.